The van der Waals surface area contributed by atoms with Gasteiger partial charge in [0.05, 0.1) is 7.11 Å². The van der Waals surface area contributed by atoms with Crippen LogP contribution in [0.2, 0.25) is 0 Å². The third-order valence-electron chi connectivity index (χ3n) is 5.60. The van der Waals surface area contributed by atoms with Crippen LogP contribution in [0.3, 0.4) is 0 Å². The van der Waals surface area contributed by atoms with Gasteiger partial charge >= 0.3 is 0 Å². The number of hydrogen-bond donors (Lipinski definition) is 1. The number of anilines is 2. The summed E-state index contributed by atoms with van der Waals surface area (Å²) < 4.78 is 5.24. The number of carbonyl (C=O) groups excluding carboxylic acids is 1. The lowest BCUT2D eigenvalue weighted by atomic mass is 10.1. The van der Waals surface area contributed by atoms with Crippen molar-refractivity contribution in [3.8, 4) is 5.75 Å². The van der Waals surface area contributed by atoms with E-state index in [9.17, 15) is 4.79 Å². The molecule has 2 heterocycles. The van der Waals surface area contributed by atoms with E-state index in [-0.39, 0.29) is 5.91 Å². The second-order valence-corrected chi connectivity index (χ2v) is 8.38. The molecule has 0 atom stereocenters. The van der Waals surface area contributed by atoms with Gasteiger partial charge in [0, 0.05) is 43.8 Å². The maximum atomic E-state index is 12.5. The highest BCUT2D eigenvalue weighted by Gasteiger charge is 2.21. The molecule has 1 saturated heterocycles. The lowest BCUT2D eigenvalue weighted by molar-refractivity contribution is 0.0946. The van der Waals surface area contributed by atoms with E-state index in [1.807, 2.05) is 17.5 Å². The Bertz CT molecular complexity index is 993. The first-order valence-electron chi connectivity index (χ1n) is 10.6. The van der Waals surface area contributed by atoms with Crippen LogP contribution in [-0.4, -0.2) is 44.2 Å². The van der Waals surface area contributed by atoms with Crippen LogP contribution in [0.5, 0.6) is 5.75 Å². The Morgan fingerprint density at radius 2 is 1.65 bits per heavy atom. The molecule has 1 fully saturated rings. The summed E-state index contributed by atoms with van der Waals surface area (Å²) in [5.41, 5.74) is 4.08. The summed E-state index contributed by atoms with van der Waals surface area (Å²) in [4.78, 5) is 21.7. The van der Waals surface area contributed by atoms with Gasteiger partial charge in [0.2, 0.25) is 0 Å². The Hall–Kier alpha value is -3.06. The molecule has 0 spiro atoms. The molecule has 1 aromatic heterocycles. The van der Waals surface area contributed by atoms with Crippen molar-refractivity contribution in [3.05, 3.63) is 70.7 Å². The highest BCUT2D eigenvalue weighted by molar-refractivity contribution is 7.13. The number of amides is 1. The fourth-order valence-corrected chi connectivity index (χ4v) is 4.49. The number of nitrogens with one attached hydrogen (secondary N) is 1. The first-order valence-corrected chi connectivity index (χ1v) is 11.5. The van der Waals surface area contributed by atoms with Crippen molar-refractivity contribution in [1.82, 2.24) is 10.3 Å². The van der Waals surface area contributed by atoms with Crippen molar-refractivity contribution in [3.63, 3.8) is 0 Å². The quantitative estimate of drug-likeness (QED) is 0.607. The average Bonchev–Trinajstić information content (AvgIpc) is 3.33. The number of rotatable bonds is 7. The maximum absolute atomic E-state index is 12.5. The maximum Gasteiger partial charge on any atom is 0.271 e. The summed E-state index contributed by atoms with van der Waals surface area (Å²) in [5, 5.41) is 5.73. The van der Waals surface area contributed by atoms with Crippen molar-refractivity contribution in [1.29, 1.82) is 0 Å². The van der Waals surface area contributed by atoms with Crippen LogP contribution in [0.25, 0.3) is 0 Å². The first-order chi connectivity index (χ1) is 15.2. The zero-order chi connectivity index (χ0) is 21.6. The number of thiazole rings is 1. The predicted octanol–water partition coefficient (Wildman–Crippen LogP) is 3.97. The fourth-order valence-electron chi connectivity index (χ4n) is 3.63. The molecule has 31 heavy (non-hydrogen) atoms. The highest BCUT2D eigenvalue weighted by atomic mass is 32.1. The van der Waals surface area contributed by atoms with Crippen LogP contribution in [0.1, 0.15) is 28.5 Å². The summed E-state index contributed by atoms with van der Waals surface area (Å²) in [6.45, 7) is 6.24. The zero-order valence-electron chi connectivity index (χ0n) is 18.0. The molecule has 3 aromatic rings. The summed E-state index contributed by atoms with van der Waals surface area (Å²) in [6.07, 6.45) is 1.02. The summed E-state index contributed by atoms with van der Waals surface area (Å²) in [5.74, 6) is 0.743. The molecule has 0 saturated carbocycles. The molecule has 2 aromatic carbocycles. The van der Waals surface area contributed by atoms with E-state index >= 15 is 0 Å². The van der Waals surface area contributed by atoms with Crippen molar-refractivity contribution >= 4 is 28.1 Å². The van der Waals surface area contributed by atoms with Crippen LogP contribution < -0.4 is 19.9 Å². The minimum Gasteiger partial charge on any atom is -0.497 e. The second kappa shape index (κ2) is 9.83. The van der Waals surface area contributed by atoms with Gasteiger partial charge in [-0.05, 0) is 41.8 Å². The van der Waals surface area contributed by atoms with Crippen LogP contribution in [-0.2, 0) is 13.0 Å². The Balaban J connectivity index is 1.29. The van der Waals surface area contributed by atoms with Gasteiger partial charge in [-0.25, -0.2) is 4.98 Å². The van der Waals surface area contributed by atoms with E-state index in [4.69, 9.17) is 4.74 Å². The van der Waals surface area contributed by atoms with Gasteiger partial charge in [-0.15, -0.1) is 11.3 Å². The molecular weight excluding hydrogens is 408 g/mol. The summed E-state index contributed by atoms with van der Waals surface area (Å²) >= 11 is 1.53. The second-order valence-electron chi connectivity index (χ2n) is 7.54. The topological polar surface area (TPSA) is 57.7 Å². The molecule has 0 unspecified atom stereocenters. The third kappa shape index (κ3) is 5.17. The van der Waals surface area contributed by atoms with E-state index in [0.717, 1.165) is 49.0 Å². The highest BCUT2D eigenvalue weighted by Crippen LogP contribution is 2.25. The smallest absolute Gasteiger partial charge is 0.271 e. The normalized spacial score (nSPS) is 13.9. The number of carbonyl (C=O) groups is 1. The van der Waals surface area contributed by atoms with Crippen LogP contribution in [0.15, 0.2) is 53.9 Å². The number of ether oxygens (including phenoxy) is 1. The molecule has 162 valence electrons. The monoisotopic (exact) mass is 436 g/mol. The molecule has 1 aliphatic rings. The molecular formula is C24H28N4O2S. The molecule has 0 radical (unpaired) electrons. The number of benzene rings is 2. The van der Waals surface area contributed by atoms with Gasteiger partial charge in [-0.2, -0.15) is 0 Å². The minimum atomic E-state index is -0.126. The number of aromatic nitrogens is 1. The Labute approximate surface area is 187 Å². The molecule has 1 amide bonds. The van der Waals surface area contributed by atoms with Crippen LogP contribution in [0, 0.1) is 0 Å². The molecule has 1 aliphatic heterocycles. The zero-order valence-corrected chi connectivity index (χ0v) is 18.8. The fraction of sp³-hybridized carbons (Fsp3) is 0.333. The Kier molecular flexibility index (Phi) is 6.72. The Morgan fingerprint density at radius 1 is 1.00 bits per heavy atom. The molecule has 0 bridgehead atoms. The van der Waals surface area contributed by atoms with Crippen molar-refractivity contribution in [2.24, 2.45) is 0 Å². The first kappa shape index (κ1) is 21.2. The lowest BCUT2D eigenvalue weighted by Crippen LogP contribution is -2.46. The summed E-state index contributed by atoms with van der Waals surface area (Å²) in [7, 11) is 1.68. The van der Waals surface area contributed by atoms with Gasteiger partial charge < -0.3 is 19.9 Å². The van der Waals surface area contributed by atoms with Crippen LogP contribution in [0.4, 0.5) is 10.8 Å². The van der Waals surface area contributed by atoms with E-state index in [1.165, 1.54) is 22.6 Å². The van der Waals surface area contributed by atoms with Crippen molar-refractivity contribution in [2.45, 2.75) is 19.9 Å². The van der Waals surface area contributed by atoms with E-state index in [0.29, 0.717) is 12.2 Å². The van der Waals surface area contributed by atoms with Gasteiger partial charge in [-0.3, -0.25) is 4.79 Å². The van der Waals surface area contributed by atoms with E-state index in [2.05, 4.69) is 63.4 Å². The molecule has 0 aliphatic carbocycles. The largest absolute Gasteiger partial charge is 0.497 e. The SMILES string of the molecule is CCc1ccc(CNC(=O)c2csc(N3CCN(c4ccc(OC)cc4)CC3)n2)cc1. The predicted molar refractivity (Wildman–Crippen MR) is 127 cm³/mol. The minimum absolute atomic E-state index is 0.126. The average molecular weight is 437 g/mol. The number of piperazine rings is 1. The Morgan fingerprint density at radius 3 is 2.29 bits per heavy atom. The van der Waals surface area contributed by atoms with Gasteiger partial charge in [-0.1, -0.05) is 31.2 Å². The molecule has 7 heteroatoms. The van der Waals surface area contributed by atoms with Gasteiger partial charge in [0.1, 0.15) is 11.4 Å². The van der Waals surface area contributed by atoms with E-state index in [1.54, 1.807) is 7.11 Å². The number of hydrogen-bond acceptors (Lipinski definition) is 6. The summed E-state index contributed by atoms with van der Waals surface area (Å²) in [6, 6.07) is 16.5. The van der Waals surface area contributed by atoms with Crippen molar-refractivity contribution in [2.75, 3.05) is 43.1 Å². The number of nitrogens with zero attached hydrogens (tertiary/aromatic N) is 3. The van der Waals surface area contributed by atoms with E-state index < -0.39 is 0 Å². The molecule has 1 N–H and O–H groups in total. The van der Waals surface area contributed by atoms with Gasteiger partial charge in [0.15, 0.2) is 5.13 Å². The van der Waals surface area contributed by atoms with Gasteiger partial charge in [0.25, 0.3) is 5.91 Å². The number of methoxy groups -OCH3 is 1. The lowest BCUT2D eigenvalue weighted by Gasteiger charge is -2.36. The van der Waals surface area contributed by atoms with Crippen molar-refractivity contribution < 1.29 is 9.53 Å². The molecule has 4 rings (SSSR count). The molecule has 6 nitrogen and oxygen atoms in total. The third-order valence-corrected chi connectivity index (χ3v) is 6.50. The number of aryl methyl sites for hydroxylation is 1. The van der Waals surface area contributed by atoms with Crippen LogP contribution >= 0.6 is 11.3 Å². The standard InChI is InChI=1S/C24H28N4O2S/c1-3-18-4-6-19(7-5-18)16-25-23(29)22-17-31-24(26-22)28-14-12-27(13-15-28)20-8-10-21(30-2)11-9-20/h4-11,17H,3,12-16H2,1-2H3,(H,25,29).